The van der Waals surface area contributed by atoms with Gasteiger partial charge in [-0.25, -0.2) is 0 Å². The van der Waals surface area contributed by atoms with Crippen LogP contribution in [-0.4, -0.2) is 20.3 Å². The predicted molar refractivity (Wildman–Crippen MR) is 76.3 cm³/mol. The van der Waals surface area contributed by atoms with E-state index >= 15 is 0 Å². The minimum atomic E-state index is -4.45. The van der Waals surface area contributed by atoms with Crippen LogP contribution in [0.2, 0.25) is 0 Å². The molecule has 2 heterocycles. The van der Waals surface area contributed by atoms with E-state index in [1.165, 1.54) is 24.4 Å². The summed E-state index contributed by atoms with van der Waals surface area (Å²) in [5.41, 5.74) is -1.27. The maximum Gasteiger partial charge on any atom is 0.416 e. The Bertz CT molecular complexity index is 931. The highest BCUT2D eigenvalue weighted by molar-refractivity contribution is 5.59. The molecule has 0 saturated heterocycles. The van der Waals surface area contributed by atoms with Gasteiger partial charge in [-0.1, -0.05) is 18.2 Å². The van der Waals surface area contributed by atoms with Gasteiger partial charge < -0.3 is 14.5 Å². The van der Waals surface area contributed by atoms with E-state index in [1.54, 1.807) is 0 Å². The van der Waals surface area contributed by atoms with Crippen LogP contribution in [0.5, 0.6) is 5.75 Å². The van der Waals surface area contributed by atoms with Gasteiger partial charge in [0.25, 0.3) is 11.4 Å². The molecule has 6 nitrogen and oxygen atoms in total. The zero-order chi connectivity index (χ0) is 17.3. The Morgan fingerprint density at radius 3 is 2.71 bits per heavy atom. The van der Waals surface area contributed by atoms with Gasteiger partial charge in [-0.2, -0.15) is 13.2 Å². The monoisotopic (exact) mass is 337 g/mol. The molecule has 0 amide bonds. The lowest BCUT2D eigenvalue weighted by atomic mass is 10.1. The number of halogens is 3. The van der Waals surface area contributed by atoms with Gasteiger partial charge in [-0.15, -0.1) is 10.2 Å². The first-order valence-corrected chi connectivity index (χ1v) is 6.74. The summed E-state index contributed by atoms with van der Waals surface area (Å²) in [5, 5.41) is 17.1. The minimum absolute atomic E-state index is 0.0203. The molecular weight excluding hydrogens is 327 g/mol. The van der Waals surface area contributed by atoms with Crippen LogP contribution < -0.4 is 5.56 Å². The van der Waals surface area contributed by atoms with Crippen molar-refractivity contribution in [1.82, 2.24) is 15.2 Å². The van der Waals surface area contributed by atoms with Gasteiger partial charge in [0.2, 0.25) is 5.89 Å². The zero-order valence-electron chi connectivity index (χ0n) is 12.0. The van der Waals surface area contributed by atoms with E-state index < -0.39 is 17.3 Å². The van der Waals surface area contributed by atoms with Crippen molar-refractivity contribution >= 4 is 0 Å². The molecule has 0 saturated carbocycles. The number of aromatic nitrogens is 3. The van der Waals surface area contributed by atoms with Crippen molar-refractivity contribution < 1.29 is 22.7 Å². The van der Waals surface area contributed by atoms with Gasteiger partial charge in [0.15, 0.2) is 0 Å². The van der Waals surface area contributed by atoms with E-state index in [-0.39, 0.29) is 29.5 Å². The van der Waals surface area contributed by atoms with Crippen LogP contribution in [0.1, 0.15) is 17.0 Å². The largest absolute Gasteiger partial charge is 0.507 e. The first-order chi connectivity index (χ1) is 11.3. The molecule has 0 bridgehead atoms. The lowest BCUT2D eigenvalue weighted by molar-refractivity contribution is -0.137. The predicted octanol–water partition coefficient (Wildman–Crippen LogP) is 2.74. The summed E-state index contributed by atoms with van der Waals surface area (Å²) >= 11 is 0. The van der Waals surface area contributed by atoms with Crippen LogP contribution in [0, 0.1) is 0 Å². The maximum absolute atomic E-state index is 12.7. The molecule has 3 rings (SSSR count). The normalized spacial score (nSPS) is 11.6. The second-order valence-corrected chi connectivity index (χ2v) is 4.94. The first kappa shape index (κ1) is 15.8. The third-order valence-electron chi connectivity index (χ3n) is 3.23. The summed E-state index contributed by atoms with van der Waals surface area (Å²) < 4.78 is 43.4. The molecule has 1 aromatic carbocycles. The molecular formula is C15H10F3N3O3. The fourth-order valence-electron chi connectivity index (χ4n) is 2.13. The number of nitrogens with one attached hydrogen (secondary N) is 1. The van der Waals surface area contributed by atoms with E-state index in [4.69, 9.17) is 4.42 Å². The van der Waals surface area contributed by atoms with Crippen LogP contribution in [0.4, 0.5) is 13.2 Å². The number of pyridine rings is 1. The molecule has 0 aliphatic heterocycles. The van der Waals surface area contributed by atoms with E-state index in [0.717, 1.165) is 12.1 Å². The molecule has 0 aliphatic carbocycles. The molecule has 9 heteroatoms. The van der Waals surface area contributed by atoms with Crippen LogP contribution in [0.15, 0.2) is 45.7 Å². The summed E-state index contributed by atoms with van der Waals surface area (Å²) in [6.07, 6.45) is -3.23. The van der Waals surface area contributed by atoms with Crippen molar-refractivity contribution in [3.05, 3.63) is 63.9 Å². The molecule has 0 unspecified atom stereocenters. The highest BCUT2D eigenvalue weighted by atomic mass is 19.4. The van der Waals surface area contributed by atoms with Gasteiger partial charge in [-0.05, 0) is 17.7 Å². The lowest BCUT2D eigenvalue weighted by Crippen LogP contribution is -2.07. The van der Waals surface area contributed by atoms with Crippen molar-refractivity contribution in [3.8, 4) is 17.2 Å². The molecule has 0 aliphatic rings. The Morgan fingerprint density at radius 1 is 1.21 bits per heavy atom. The van der Waals surface area contributed by atoms with Crippen LogP contribution in [-0.2, 0) is 12.6 Å². The summed E-state index contributed by atoms with van der Waals surface area (Å²) in [7, 11) is 0. The number of nitrogens with zero attached hydrogens (tertiary/aromatic N) is 2. The summed E-state index contributed by atoms with van der Waals surface area (Å²) in [4.78, 5) is 14.0. The SMILES string of the molecule is O=c1[nH]ccc(O)c1-c1nnc(Cc2cccc(C(F)(F)F)c2)o1. The smallest absolute Gasteiger partial charge is 0.416 e. The Labute approximate surface area is 132 Å². The van der Waals surface area contributed by atoms with Crippen LogP contribution in [0.25, 0.3) is 11.5 Å². The number of aromatic hydroxyl groups is 1. The van der Waals surface area contributed by atoms with Crippen molar-refractivity contribution in [2.45, 2.75) is 12.6 Å². The fraction of sp³-hybridized carbons (Fsp3) is 0.133. The maximum atomic E-state index is 12.7. The van der Waals surface area contributed by atoms with Crippen LogP contribution >= 0.6 is 0 Å². The molecule has 3 aromatic rings. The van der Waals surface area contributed by atoms with Crippen molar-refractivity contribution in [1.29, 1.82) is 0 Å². The Hall–Kier alpha value is -3.10. The summed E-state index contributed by atoms with van der Waals surface area (Å²) in [6, 6.07) is 5.96. The van der Waals surface area contributed by atoms with Gasteiger partial charge in [0, 0.05) is 6.20 Å². The van der Waals surface area contributed by atoms with Gasteiger partial charge in [-0.3, -0.25) is 4.79 Å². The van der Waals surface area contributed by atoms with E-state index in [1.807, 2.05) is 0 Å². The number of hydrogen-bond acceptors (Lipinski definition) is 5. The van der Waals surface area contributed by atoms with Crippen molar-refractivity contribution in [2.75, 3.05) is 0 Å². The number of rotatable bonds is 3. The van der Waals surface area contributed by atoms with Gasteiger partial charge >= 0.3 is 6.18 Å². The number of H-pyrrole nitrogens is 1. The number of hydrogen-bond donors (Lipinski definition) is 2. The average molecular weight is 337 g/mol. The molecule has 0 radical (unpaired) electrons. The Kier molecular flexibility index (Phi) is 3.84. The molecule has 2 aromatic heterocycles. The van der Waals surface area contributed by atoms with E-state index in [0.29, 0.717) is 5.56 Å². The molecule has 124 valence electrons. The number of aromatic amines is 1. The van der Waals surface area contributed by atoms with E-state index in [2.05, 4.69) is 15.2 Å². The quantitative estimate of drug-likeness (QED) is 0.767. The Balaban J connectivity index is 1.89. The topological polar surface area (TPSA) is 92.0 Å². The number of benzene rings is 1. The highest BCUT2D eigenvalue weighted by Gasteiger charge is 2.30. The lowest BCUT2D eigenvalue weighted by Gasteiger charge is -2.07. The standard InChI is InChI=1S/C15H10F3N3O3/c16-15(17,18)9-3-1-2-8(6-9)7-11-20-21-14(24-11)12-10(22)4-5-19-13(12)23/h1-6H,7H2,(H2,19,22,23). The molecule has 24 heavy (non-hydrogen) atoms. The average Bonchev–Trinajstić information content (AvgIpc) is 2.94. The first-order valence-electron chi connectivity index (χ1n) is 6.74. The van der Waals surface area contributed by atoms with Gasteiger partial charge in [0.05, 0.1) is 12.0 Å². The molecule has 0 atom stereocenters. The summed E-state index contributed by atoms with van der Waals surface area (Å²) in [6.45, 7) is 0. The van der Waals surface area contributed by atoms with Crippen molar-refractivity contribution in [3.63, 3.8) is 0 Å². The minimum Gasteiger partial charge on any atom is -0.507 e. The molecule has 0 fully saturated rings. The number of alkyl halides is 3. The van der Waals surface area contributed by atoms with Crippen molar-refractivity contribution in [2.24, 2.45) is 0 Å². The van der Waals surface area contributed by atoms with E-state index in [9.17, 15) is 23.1 Å². The Morgan fingerprint density at radius 2 is 2.00 bits per heavy atom. The third kappa shape index (κ3) is 3.14. The second kappa shape index (κ2) is 5.84. The van der Waals surface area contributed by atoms with Gasteiger partial charge in [0.1, 0.15) is 11.3 Å². The third-order valence-corrected chi connectivity index (χ3v) is 3.23. The van der Waals surface area contributed by atoms with Crippen LogP contribution in [0.3, 0.4) is 0 Å². The molecule has 2 N–H and O–H groups in total. The fourth-order valence-corrected chi connectivity index (χ4v) is 2.13. The second-order valence-electron chi connectivity index (χ2n) is 4.94. The molecule has 0 spiro atoms. The highest BCUT2D eigenvalue weighted by Crippen LogP contribution is 2.30. The summed E-state index contributed by atoms with van der Waals surface area (Å²) in [5.74, 6) is -0.531. The zero-order valence-corrected chi connectivity index (χ0v) is 12.0.